The van der Waals surface area contributed by atoms with Gasteiger partial charge in [-0.3, -0.25) is 0 Å². The summed E-state index contributed by atoms with van der Waals surface area (Å²) in [4.78, 5) is 16.4. The molecule has 8 N–H and O–H groups in total. The maximum absolute atomic E-state index is 10.1. The van der Waals surface area contributed by atoms with E-state index in [1.54, 1.807) is 54.7 Å². The highest BCUT2D eigenvalue weighted by Gasteiger charge is 2.24. The van der Waals surface area contributed by atoms with Gasteiger partial charge in [0.15, 0.2) is 23.1 Å². The summed E-state index contributed by atoms with van der Waals surface area (Å²) in [5.74, 6) is 4.31. The van der Waals surface area contributed by atoms with Gasteiger partial charge in [0.25, 0.3) is 0 Å². The fourth-order valence-electron chi connectivity index (χ4n) is 5.77. The molecule has 256 valence electrons. The van der Waals surface area contributed by atoms with Crippen molar-refractivity contribution >= 4 is 46.7 Å². The second-order valence-corrected chi connectivity index (χ2v) is 12.9. The molecule has 0 aliphatic heterocycles. The Morgan fingerprint density at radius 2 is 1.21 bits per heavy atom. The van der Waals surface area contributed by atoms with Crippen LogP contribution in [-0.4, -0.2) is 55.4 Å². The smallest absolute Gasteiger partial charge is 0.222 e. The van der Waals surface area contributed by atoms with Crippen LogP contribution in [0, 0.1) is 11.8 Å². The zero-order valence-electron chi connectivity index (χ0n) is 26.6. The molecule has 0 saturated heterocycles. The Kier molecular flexibility index (Phi) is 12.7. The van der Waals surface area contributed by atoms with E-state index in [0.717, 1.165) is 51.4 Å². The molecule has 6 rings (SSSR count). The van der Waals surface area contributed by atoms with Crippen molar-refractivity contribution in [1.82, 2.24) is 19.9 Å². The van der Waals surface area contributed by atoms with E-state index in [2.05, 4.69) is 30.6 Å². The molecule has 48 heavy (non-hydrogen) atoms. The van der Waals surface area contributed by atoms with E-state index < -0.39 is 0 Å². The van der Waals surface area contributed by atoms with Crippen LogP contribution in [0.3, 0.4) is 0 Å². The predicted molar refractivity (Wildman–Crippen MR) is 189 cm³/mol. The lowest BCUT2D eigenvalue weighted by atomic mass is 9.86. The molecule has 2 aliphatic carbocycles. The Morgan fingerprint density at radius 3 is 1.73 bits per heavy atom. The first-order valence-electron chi connectivity index (χ1n) is 16.2. The summed E-state index contributed by atoms with van der Waals surface area (Å²) in [7, 11) is 0. The quantitative estimate of drug-likeness (QED) is 0.100. The van der Waals surface area contributed by atoms with Crippen molar-refractivity contribution in [2.24, 2.45) is 11.8 Å². The molecule has 0 radical (unpaired) electrons. The van der Waals surface area contributed by atoms with E-state index in [1.165, 1.54) is 6.20 Å². The average Bonchev–Trinajstić information content (AvgIpc) is 3.08. The molecule has 0 amide bonds. The summed E-state index contributed by atoms with van der Waals surface area (Å²) in [6.45, 7) is 1.33. The zero-order valence-corrected chi connectivity index (χ0v) is 28.1. The molecule has 14 heteroatoms. The maximum Gasteiger partial charge on any atom is 0.222 e. The van der Waals surface area contributed by atoms with Crippen LogP contribution in [0.2, 0.25) is 10.0 Å². The summed E-state index contributed by atoms with van der Waals surface area (Å²) in [6, 6.07) is 14.1. The second-order valence-electron chi connectivity index (χ2n) is 12.1. The van der Waals surface area contributed by atoms with Gasteiger partial charge in [-0.15, -0.1) is 0 Å². The highest BCUT2D eigenvalue weighted by Crippen LogP contribution is 2.32. The number of nitrogen functional groups attached to an aromatic ring is 2. The molecule has 0 spiro atoms. The van der Waals surface area contributed by atoms with Gasteiger partial charge in [0.05, 0.1) is 24.6 Å². The minimum absolute atomic E-state index is 0.171. The van der Waals surface area contributed by atoms with Gasteiger partial charge in [-0.1, -0.05) is 42.5 Å². The van der Waals surface area contributed by atoms with E-state index in [-0.39, 0.29) is 30.0 Å². The Bertz CT molecular complexity index is 1600. The molecule has 4 atom stereocenters. The lowest BCUT2D eigenvalue weighted by Gasteiger charge is -2.28. The van der Waals surface area contributed by atoms with Crippen LogP contribution in [-0.2, 0) is 0 Å². The summed E-state index contributed by atoms with van der Waals surface area (Å²) in [5.41, 5.74) is 11.4. The lowest BCUT2D eigenvalue weighted by Crippen LogP contribution is -2.30. The first-order chi connectivity index (χ1) is 23.2. The minimum Gasteiger partial charge on any atom is -0.452 e. The van der Waals surface area contributed by atoms with Crippen molar-refractivity contribution in [3.63, 3.8) is 0 Å². The fourth-order valence-corrected chi connectivity index (χ4v) is 6.03. The molecular weight excluding hydrogens is 655 g/mol. The van der Waals surface area contributed by atoms with E-state index in [1.807, 2.05) is 0 Å². The minimum atomic E-state index is -0.272. The molecule has 2 aromatic carbocycles. The third-order valence-corrected chi connectivity index (χ3v) is 8.85. The van der Waals surface area contributed by atoms with Crippen LogP contribution in [0.1, 0.15) is 51.4 Å². The summed E-state index contributed by atoms with van der Waals surface area (Å²) in [6.07, 6.45) is 10.5. The molecule has 2 aromatic heterocycles. The molecule has 4 unspecified atom stereocenters. The molecular formula is C34H42Cl2N8O4. The van der Waals surface area contributed by atoms with Gasteiger partial charge in [-0.05, 0) is 86.6 Å². The number of ether oxygens (including phenoxy) is 2. The summed E-state index contributed by atoms with van der Waals surface area (Å²) >= 11 is 11.8. The number of nitrogens with one attached hydrogen (secondary N) is 2. The van der Waals surface area contributed by atoms with Crippen molar-refractivity contribution in [3.8, 4) is 23.0 Å². The Balaban J connectivity index is 0.000000188. The normalized spacial score (nSPS) is 20.6. The summed E-state index contributed by atoms with van der Waals surface area (Å²) in [5, 5.41) is 27.7. The van der Waals surface area contributed by atoms with Crippen LogP contribution in [0.25, 0.3) is 0 Å². The Morgan fingerprint density at radius 1 is 0.688 bits per heavy atom. The highest BCUT2D eigenvalue weighted by atomic mass is 35.5. The molecule has 4 aromatic rings. The van der Waals surface area contributed by atoms with Gasteiger partial charge in [0.2, 0.25) is 11.9 Å². The van der Waals surface area contributed by atoms with Gasteiger partial charge in [0.1, 0.15) is 11.5 Å². The van der Waals surface area contributed by atoms with E-state index in [0.29, 0.717) is 63.7 Å². The number of nitrogens with zero attached hydrogens (tertiary/aromatic N) is 4. The van der Waals surface area contributed by atoms with Gasteiger partial charge < -0.3 is 41.8 Å². The molecule has 2 aliphatic rings. The van der Waals surface area contributed by atoms with Crippen molar-refractivity contribution in [2.75, 3.05) is 35.2 Å². The van der Waals surface area contributed by atoms with E-state index >= 15 is 0 Å². The van der Waals surface area contributed by atoms with Gasteiger partial charge in [-0.2, -0.15) is 9.97 Å². The van der Waals surface area contributed by atoms with Crippen LogP contribution in [0.5, 0.6) is 23.0 Å². The van der Waals surface area contributed by atoms with Crippen molar-refractivity contribution in [2.45, 2.75) is 63.6 Å². The molecule has 2 fully saturated rings. The average molecular weight is 698 g/mol. The predicted octanol–water partition coefficient (Wildman–Crippen LogP) is 6.94. The number of rotatable bonds is 10. The summed E-state index contributed by atoms with van der Waals surface area (Å²) < 4.78 is 11.7. The van der Waals surface area contributed by atoms with Crippen molar-refractivity contribution in [3.05, 3.63) is 71.0 Å². The largest absolute Gasteiger partial charge is 0.452 e. The maximum atomic E-state index is 10.1. The number of hydrogen-bond acceptors (Lipinski definition) is 12. The van der Waals surface area contributed by atoms with Crippen molar-refractivity contribution < 1.29 is 19.7 Å². The Hall–Kier alpha value is -4.10. The second kappa shape index (κ2) is 17.3. The van der Waals surface area contributed by atoms with Gasteiger partial charge in [0, 0.05) is 29.1 Å². The highest BCUT2D eigenvalue weighted by molar-refractivity contribution is 6.30. The number of aliphatic hydroxyl groups is 2. The lowest BCUT2D eigenvalue weighted by molar-refractivity contribution is 0.0762. The fraction of sp³-hybridized carbons (Fsp3) is 0.412. The van der Waals surface area contributed by atoms with Crippen LogP contribution >= 0.6 is 23.2 Å². The monoisotopic (exact) mass is 696 g/mol. The zero-order chi connectivity index (χ0) is 33.9. The molecule has 0 bridgehead atoms. The standard InChI is InChI=1S/2C17H21ClN4O2/c18-12-4-6-14(7-5-12)24-15-10-21-17(19)22-16(15)20-9-11-2-1-3-13(23)8-11;18-12-5-7-13(8-6-12)24-15-10-21-17(19)22-16(15)20-9-11-3-1-2-4-14(11)23/h4-7,10-11,13,23H,1-3,8-9H2,(H3,19,20,21,22);5-8,10-11,14,23H,1-4,9H2,(H3,19,20,21,22). The SMILES string of the molecule is Nc1ncc(Oc2ccc(Cl)cc2)c(NCC2CCCC(O)C2)n1.Nc1ncc(Oc2ccc(Cl)cc2)c(NCC2CCCCC2O)n1. The Labute approximate surface area is 290 Å². The van der Waals surface area contributed by atoms with Crippen LogP contribution in [0.4, 0.5) is 23.5 Å². The van der Waals surface area contributed by atoms with E-state index in [9.17, 15) is 10.2 Å². The topological polar surface area (TPSA) is 187 Å². The van der Waals surface area contributed by atoms with Gasteiger partial charge >= 0.3 is 0 Å². The number of nitrogens with two attached hydrogens (primary N) is 2. The molecule has 2 heterocycles. The number of hydrogen-bond donors (Lipinski definition) is 6. The van der Waals surface area contributed by atoms with Crippen molar-refractivity contribution in [1.29, 1.82) is 0 Å². The molecule has 12 nitrogen and oxygen atoms in total. The van der Waals surface area contributed by atoms with E-state index in [4.69, 9.17) is 44.1 Å². The number of halogens is 2. The van der Waals surface area contributed by atoms with Crippen LogP contribution < -0.4 is 31.6 Å². The first kappa shape index (κ1) is 35.2. The van der Waals surface area contributed by atoms with Gasteiger partial charge in [-0.25, -0.2) is 9.97 Å². The number of benzene rings is 2. The number of anilines is 4. The third-order valence-electron chi connectivity index (χ3n) is 8.34. The number of aliphatic hydroxyl groups excluding tert-OH is 2. The van der Waals surface area contributed by atoms with Crippen LogP contribution in [0.15, 0.2) is 60.9 Å². The first-order valence-corrected chi connectivity index (χ1v) is 16.9. The number of aromatic nitrogens is 4. The third kappa shape index (κ3) is 10.7. The molecule has 2 saturated carbocycles.